The van der Waals surface area contributed by atoms with E-state index in [9.17, 15) is 5.26 Å². The van der Waals surface area contributed by atoms with Crippen LogP contribution in [0.15, 0.2) is 18.2 Å². The fourth-order valence-electron chi connectivity index (χ4n) is 5.01. The minimum atomic E-state index is 0.539. The Hall–Kier alpha value is -1.57. The summed E-state index contributed by atoms with van der Waals surface area (Å²) >= 11 is 0. The van der Waals surface area contributed by atoms with E-state index in [2.05, 4.69) is 29.4 Å². The van der Waals surface area contributed by atoms with Crippen LogP contribution >= 0.6 is 0 Å². The molecular weight excluding hydrogens is 310 g/mol. The van der Waals surface area contributed by atoms with Crippen LogP contribution in [0.5, 0.6) is 5.75 Å². The van der Waals surface area contributed by atoms with Crippen LogP contribution < -0.4 is 10.1 Å². The van der Waals surface area contributed by atoms with E-state index < -0.39 is 0 Å². The quantitative estimate of drug-likeness (QED) is 0.915. The van der Waals surface area contributed by atoms with Crippen molar-refractivity contribution in [3.05, 3.63) is 29.3 Å². The van der Waals surface area contributed by atoms with Gasteiger partial charge in [-0.3, -0.25) is 0 Å². The summed E-state index contributed by atoms with van der Waals surface area (Å²) in [5.41, 5.74) is 2.01. The normalized spacial score (nSPS) is 31.7. The molecule has 1 saturated carbocycles. The molecule has 0 radical (unpaired) electrons. The Morgan fingerprint density at radius 3 is 2.84 bits per heavy atom. The monoisotopic (exact) mass is 339 g/mol. The third kappa shape index (κ3) is 3.54. The number of ether oxygens (including phenoxy) is 1. The zero-order valence-corrected chi connectivity index (χ0v) is 15.2. The molecule has 1 aliphatic carbocycles. The predicted molar refractivity (Wildman–Crippen MR) is 98.7 cm³/mol. The maximum Gasteiger partial charge on any atom is 0.122 e. The second-order valence-electron chi connectivity index (χ2n) is 8.10. The number of nitrogens with one attached hydrogen (secondary N) is 1. The molecule has 1 N–H and O–H groups in total. The average molecular weight is 339 g/mol. The summed E-state index contributed by atoms with van der Waals surface area (Å²) in [4.78, 5) is 2.64. The summed E-state index contributed by atoms with van der Waals surface area (Å²) in [6.45, 7) is 4.32. The van der Waals surface area contributed by atoms with Crippen LogP contribution in [0.1, 0.15) is 49.1 Å². The zero-order chi connectivity index (χ0) is 17.2. The maximum atomic E-state index is 9.19. The smallest absolute Gasteiger partial charge is 0.122 e. The average Bonchev–Trinajstić information content (AvgIpc) is 3.10. The van der Waals surface area contributed by atoms with Crippen molar-refractivity contribution in [3.8, 4) is 11.8 Å². The summed E-state index contributed by atoms with van der Waals surface area (Å²) in [6, 6.07) is 8.91. The summed E-state index contributed by atoms with van der Waals surface area (Å²) in [5, 5.41) is 12.6. The van der Waals surface area contributed by atoms with Crippen LogP contribution in [0.25, 0.3) is 0 Å². The molecule has 0 aromatic heterocycles. The Kier molecular flexibility index (Phi) is 4.96. The lowest BCUT2D eigenvalue weighted by atomic mass is 9.84. The fourth-order valence-corrected chi connectivity index (χ4v) is 5.01. The van der Waals surface area contributed by atoms with Gasteiger partial charge in [0.2, 0.25) is 0 Å². The highest BCUT2D eigenvalue weighted by molar-refractivity contribution is 5.46. The van der Waals surface area contributed by atoms with Gasteiger partial charge in [0.1, 0.15) is 5.75 Å². The van der Waals surface area contributed by atoms with E-state index >= 15 is 0 Å². The van der Waals surface area contributed by atoms with Crippen LogP contribution in [-0.4, -0.2) is 44.2 Å². The molecule has 1 saturated heterocycles. The molecule has 0 bridgehead atoms. The van der Waals surface area contributed by atoms with Crippen molar-refractivity contribution in [2.24, 2.45) is 11.8 Å². The molecule has 2 heterocycles. The first kappa shape index (κ1) is 16.9. The molecule has 134 valence electrons. The van der Waals surface area contributed by atoms with Gasteiger partial charge in [-0.25, -0.2) is 0 Å². The Morgan fingerprint density at radius 1 is 1.24 bits per heavy atom. The van der Waals surface area contributed by atoms with Crippen LogP contribution in [0.4, 0.5) is 0 Å². The largest absolute Gasteiger partial charge is 0.493 e. The topological polar surface area (TPSA) is 48.3 Å². The zero-order valence-electron chi connectivity index (χ0n) is 15.2. The van der Waals surface area contributed by atoms with Crippen molar-refractivity contribution in [2.45, 2.75) is 44.1 Å². The first-order chi connectivity index (χ1) is 12.3. The molecule has 4 nitrogen and oxygen atoms in total. The minimum Gasteiger partial charge on any atom is -0.493 e. The number of rotatable bonds is 4. The Labute approximate surface area is 151 Å². The first-order valence-electron chi connectivity index (χ1n) is 9.83. The van der Waals surface area contributed by atoms with Crippen LogP contribution in [0, 0.1) is 23.2 Å². The number of benzene rings is 1. The molecule has 0 amide bonds. The van der Waals surface area contributed by atoms with Gasteiger partial charge >= 0.3 is 0 Å². The number of hydrogen-bond acceptors (Lipinski definition) is 4. The van der Waals surface area contributed by atoms with E-state index in [1.54, 1.807) is 0 Å². The number of hydrogen-bond donors (Lipinski definition) is 1. The van der Waals surface area contributed by atoms with Crippen LogP contribution in [0.3, 0.4) is 0 Å². The van der Waals surface area contributed by atoms with E-state index in [-0.39, 0.29) is 0 Å². The van der Waals surface area contributed by atoms with E-state index in [0.29, 0.717) is 11.8 Å². The van der Waals surface area contributed by atoms with Gasteiger partial charge in [0.15, 0.2) is 0 Å². The molecule has 4 heteroatoms. The number of nitriles is 1. The van der Waals surface area contributed by atoms with E-state index in [0.717, 1.165) is 43.0 Å². The van der Waals surface area contributed by atoms with Gasteiger partial charge < -0.3 is 15.0 Å². The van der Waals surface area contributed by atoms with Gasteiger partial charge in [0, 0.05) is 36.5 Å². The molecular formula is C21H29N3O. The Morgan fingerprint density at radius 2 is 2.08 bits per heavy atom. The molecule has 4 rings (SSSR count). The minimum absolute atomic E-state index is 0.539. The summed E-state index contributed by atoms with van der Waals surface area (Å²) < 4.78 is 5.96. The van der Waals surface area contributed by atoms with Crippen molar-refractivity contribution < 1.29 is 4.74 Å². The molecule has 2 fully saturated rings. The summed E-state index contributed by atoms with van der Waals surface area (Å²) in [5.74, 6) is 3.02. The first-order valence-corrected chi connectivity index (χ1v) is 9.83. The predicted octanol–water partition coefficient (Wildman–Crippen LogP) is 3.13. The molecule has 3 aliphatic rings. The van der Waals surface area contributed by atoms with Crippen molar-refractivity contribution >= 4 is 0 Å². The standard InChI is InChI=1S/C21H29N3O/c1-23-18-5-2-15(3-6-18)8-9-24-12-17-14-25-21-7-4-16(11-22)10-19(21)20(17)13-24/h4,7,10,15,17-18,20,23H,2-3,5-6,8-9,12-14H2,1H3/t15-,17-,18-,20+/m0/s1. The lowest BCUT2D eigenvalue weighted by Gasteiger charge is -2.29. The van der Waals surface area contributed by atoms with E-state index in [1.807, 2.05) is 12.1 Å². The lowest BCUT2D eigenvalue weighted by Crippen LogP contribution is -2.31. The van der Waals surface area contributed by atoms with Crippen molar-refractivity contribution in [1.82, 2.24) is 10.2 Å². The third-order valence-electron chi connectivity index (χ3n) is 6.62. The molecule has 1 aromatic carbocycles. The van der Waals surface area contributed by atoms with Gasteiger partial charge in [-0.2, -0.15) is 5.26 Å². The van der Waals surface area contributed by atoms with Gasteiger partial charge in [0.25, 0.3) is 0 Å². The summed E-state index contributed by atoms with van der Waals surface area (Å²) in [6.07, 6.45) is 6.77. The highest BCUT2D eigenvalue weighted by atomic mass is 16.5. The Bertz CT molecular complexity index is 645. The van der Waals surface area contributed by atoms with Crippen molar-refractivity contribution in [2.75, 3.05) is 33.3 Å². The van der Waals surface area contributed by atoms with Gasteiger partial charge in [0.05, 0.1) is 18.2 Å². The van der Waals surface area contributed by atoms with Crippen LogP contribution in [-0.2, 0) is 0 Å². The van der Waals surface area contributed by atoms with E-state index in [4.69, 9.17) is 4.74 Å². The molecule has 0 spiro atoms. The molecule has 1 aromatic rings. The van der Waals surface area contributed by atoms with Gasteiger partial charge in [-0.15, -0.1) is 0 Å². The van der Waals surface area contributed by atoms with E-state index in [1.165, 1.54) is 44.2 Å². The van der Waals surface area contributed by atoms with Gasteiger partial charge in [-0.05, 0) is 69.8 Å². The lowest BCUT2D eigenvalue weighted by molar-refractivity contribution is 0.207. The highest BCUT2D eigenvalue weighted by Crippen LogP contribution is 2.42. The Balaban J connectivity index is 1.34. The number of fused-ring (bicyclic) bond motifs is 3. The molecule has 25 heavy (non-hydrogen) atoms. The van der Waals surface area contributed by atoms with Crippen LogP contribution in [0.2, 0.25) is 0 Å². The number of nitrogens with zero attached hydrogens (tertiary/aromatic N) is 2. The van der Waals surface area contributed by atoms with Crippen molar-refractivity contribution in [3.63, 3.8) is 0 Å². The fraction of sp³-hybridized carbons (Fsp3) is 0.667. The summed E-state index contributed by atoms with van der Waals surface area (Å²) in [7, 11) is 2.09. The maximum absolute atomic E-state index is 9.19. The molecule has 2 aliphatic heterocycles. The number of likely N-dealkylation sites (tertiary alicyclic amines) is 1. The van der Waals surface area contributed by atoms with Gasteiger partial charge in [-0.1, -0.05) is 0 Å². The second-order valence-corrected chi connectivity index (χ2v) is 8.10. The molecule has 2 atom stereocenters. The SMILES string of the molecule is CN[C@H]1CC[C@H](CCN2C[C@H]3COc4ccc(C#N)cc4[C@@H]3C2)CC1. The third-order valence-corrected chi connectivity index (χ3v) is 6.62. The van der Waals surface area contributed by atoms with Crippen molar-refractivity contribution in [1.29, 1.82) is 5.26 Å². The molecule has 0 unspecified atom stereocenters. The second kappa shape index (κ2) is 7.35. The highest BCUT2D eigenvalue weighted by Gasteiger charge is 2.38.